The Bertz CT molecular complexity index is 657. The number of para-hydroxylation sites is 1. The molecule has 2 amide bonds. The van der Waals surface area contributed by atoms with E-state index in [1.54, 1.807) is 12.1 Å². The number of aliphatic carboxylic acids is 1. The molecule has 1 aliphatic rings. The first-order valence-corrected chi connectivity index (χ1v) is 8.57. The van der Waals surface area contributed by atoms with E-state index in [9.17, 15) is 23.9 Å². The van der Waals surface area contributed by atoms with Gasteiger partial charge in [0.1, 0.15) is 18.0 Å². The number of carboxylic acids is 1. The van der Waals surface area contributed by atoms with Crippen molar-refractivity contribution in [3.63, 3.8) is 0 Å². The summed E-state index contributed by atoms with van der Waals surface area (Å²) in [5.41, 5.74) is 0. The maximum Gasteiger partial charge on any atom is 0.329 e. The van der Waals surface area contributed by atoms with Gasteiger partial charge >= 0.3 is 5.97 Å². The van der Waals surface area contributed by atoms with Crippen molar-refractivity contribution < 1.29 is 33.4 Å². The molecule has 1 aromatic rings. The van der Waals surface area contributed by atoms with Gasteiger partial charge in [-0.2, -0.15) is 0 Å². The molecule has 9 heteroatoms. The molecule has 0 spiro atoms. The minimum atomic E-state index is -1.59. The zero-order chi connectivity index (χ0) is 19.8. The fourth-order valence-electron chi connectivity index (χ4n) is 2.89. The number of carboxylic acid groups (broad SMARTS) is 1. The number of methoxy groups -OCH3 is 1. The molecule has 0 bridgehead atoms. The molecule has 1 aliphatic heterocycles. The molecule has 148 valence electrons. The normalized spacial score (nSPS) is 21.7. The van der Waals surface area contributed by atoms with E-state index in [4.69, 9.17) is 9.47 Å². The smallest absolute Gasteiger partial charge is 0.329 e. The van der Waals surface area contributed by atoms with Gasteiger partial charge in [-0.3, -0.25) is 9.59 Å². The van der Waals surface area contributed by atoms with Crippen molar-refractivity contribution in [1.82, 2.24) is 10.2 Å². The van der Waals surface area contributed by atoms with E-state index in [0.717, 1.165) is 4.90 Å². The molecule has 8 nitrogen and oxygen atoms in total. The second kappa shape index (κ2) is 9.86. The van der Waals surface area contributed by atoms with Crippen molar-refractivity contribution >= 4 is 17.8 Å². The fourth-order valence-corrected chi connectivity index (χ4v) is 2.89. The highest BCUT2D eigenvalue weighted by Crippen LogP contribution is 2.24. The molecule has 0 aliphatic carbocycles. The maximum absolute atomic E-state index is 13.9. The summed E-state index contributed by atoms with van der Waals surface area (Å²) < 4.78 is 24.2. The number of carbonyl (C=O) groups is 3. The van der Waals surface area contributed by atoms with Gasteiger partial charge in [-0.05, 0) is 18.6 Å². The summed E-state index contributed by atoms with van der Waals surface area (Å²) in [5, 5.41) is 11.6. The quantitative estimate of drug-likeness (QED) is 0.607. The zero-order valence-electron chi connectivity index (χ0n) is 15.0. The number of ether oxygens (including phenoxy) is 2. The number of halogens is 1. The number of likely N-dealkylation sites (tertiary alicyclic amines) is 1. The number of rotatable bonds is 9. The SMILES string of the molecule is CO[C@H]1[C@@H](C(=O)O)N(C(=O)CNC(=O)CCCOc2ccccc2)C[C@@H]1F. The van der Waals surface area contributed by atoms with Crippen LogP contribution in [0.2, 0.25) is 0 Å². The van der Waals surface area contributed by atoms with Crippen LogP contribution in [0.5, 0.6) is 5.75 Å². The Balaban J connectivity index is 1.72. The molecule has 0 radical (unpaired) electrons. The number of hydrogen-bond donors (Lipinski definition) is 2. The lowest BCUT2D eigenvalue weighted by Crippen LogP contribution is -2.49. The monoisotopic (exact) mass is 382 g/mol. The van der Waals surface area contributed by atoms with E-state index >= 15 is 0 Å². The van der Waals surface area contributed by atoms with Gasteiger partial charge in [0, 0.05) is 13.5 Å². The predicted molar refractivity (Wildman–Crippen MR) is 93.0 cm³/mol. The lowest BCUT2D eigenvalue weighted by atomic mass is 10.1. The van der Waals surface area contributed by atoms with E-state index < -0.39 is 36.7 Å². The van der Waals surface area contributed by atoms with Crippen LogP contribution in [0.15, 0.2) is 30.3 Å². The molecule has 27 heavy (non-hydrogen) atoms. The van der Waals surface area contributed by atoms with Crippen LogP contribution in [0.3, 0.4) is 0 Å². The van der Waals surface area contributed by atoms with Crippen molar-refractivity contribution in [3.05, 3.63) is 30.3 Å². The summed E-state index contributed by atoms with van der Waals surface area (Å²) in [6.45, 7) is -0.432. The average molecular weight is 382 g/mol. The molecule has 1 aromatic carbocycles. The molecule has 1 saturated heterocycles. The van der Waals surface area contributed by atoms with Crippen molar-refractivity contribution in [2.45, 2.75) is 31.2 Å². The largest absolute Gasteiger partial charge is 0.494 e. The van der Waals surface area contributed by atoms with Crippen molar-refractivity contribution in [3.8, 4) is 5.75 Å². The fraction of sp³-hybridized carbons (Fsp3) is 0.500. The van der Waals surface area contributed by atoms with Gasteiger partial charge in [0.25, 0.3) is 0 Å². The summed E-state index contributed by atoms with van der Waals surface area (Å²) in [4.78, 5) is 36.2. The summed E-state index contributed by atoms with van der Waals surface area (Å²) >= 11 is 0. The van der Waals surface area contributed by atoms with Gasteiger partial charge in [0.2, 0.25) is 11.8 Å². The number of benzene rings is 1. The van der Waals surface area contributed by atoms with Gasteiger partial charge in [0.15, 0.2) is 6.04 Å². The minimum Gasteiger partial charge on any atom is -0.494 e. The summed E-state index contributed by atoms with van der Waals surface area (Å²) in [7, 11) is 1.19. The van der Waals surface area contributed by atoms with Crippen LogP contribution in [-0.2, 0) is 19.1 Å². The summed E-state index contributed by atoms with van der Waals surface area (Å²) in [6.07, 6.45) is -2.22. The molecular weight excluding hydrogens is 359 g/mol. The standard InChI is InChI=1S/C18H23FN2O6/c1-26-17-13(19)11-21(16(17)18(24)25)15(23)10-20-14(22)8-5-9-27-12-6-3-2-4-7-12/h2-4,6-7,13,16-17H,5,8-11H2,1H3,(H,20,22)(H,24,25)/t13-,16-,17+/m0/s1. The average Bonchev–Trinajstić information content (AvgIpc) is 3.00. The number of nitrogens with zero attached hydrogens (tertiary/aromatic N) is 1. The van der Waals surface area contributed by atoms with E-state index in [1.807, 2.05) is 18.2 Å². The molecular formula is C18H23FN2O6. The van der Waals surface area contributed by atoms with Gasteiger partial charge in [0.05, 0.1) is 19.7 Å². The third kappa shape index (κ3) is 5.65. The number of hydrogen-bond acceptors (Lipinski definition) is 5. The van der Waals surface area contributed by atoms with Gasteiger partial charge < -0.3 is 24.8 Å². The van der Waals surface area contributed by atoms with Crippen LogP contribution in [0.25, 0.3) is 0 Å². The van der Waals surface area contributed by atoms with E-state index in [0.29, 0.717) is 18.8 Å². The second-order valence-corrected chi connectivity index (χ2v) is 6.09. The Hall–Kier alpha value is -2.68. The van der Waals surface area contributed by atoms with Gasteiger partial charge in [-0.15, -0.1) is 0 Å². The van der Waals surface area contributed by atoms with Crippen molar-refractivity contribution in [2.24, 2.45) is 0 Å². The Labute approximate surface area is 156 Å². The first kappa shape index (κ1) is 20.6. The molecule has 0 saturated carbocycles. The molecule has 1 heterocycles. The first-order valence-electron chi connectivity index (χ1n) is 8.57. The highest BCUT2D eigenvalue weighted by atomic mass is 19.1. The number of nitrogens with one attached hydrogen (secondary N) is 1. The number of alkyl halides is 1. The van der Waals surface area contributed by atoms with Crippen LogP contribution in [-0.4, -0.2) is 72.9 Å². The first-order chi connectivity index (χ1) is 12.9. The Morgan fingerprint density at radius 3 is 2.63 bits per heavy atom. The van der Waals surface area contributed by atoms with Crippen LogP contribution in [0.1, 0.15) is 12.8 Å². The Morgan fingerprint density at radius 2 is 2.00 bits per heavy atom. The molecule has 2 N–H and O–H groups in total. The van der Waals surface area contributed by atoms with Crippen LogP contribution >= 0.6 is 0 Å². The van der Waals surface area contributed by atoms with Crippen LogP contribution in [0.4, 0.5) is 4.39 Å². The second-order valence-electron chi connectivity index (χ2n) is 6.09. The van der Waals surface area contributed by atoms with Crippen molar-refractivity contribution in [1.29, 1.82) is 0 Å². The topological polar surface area (TPSA) is 105 Å². The highest BCUT2D eigenvalue weighted by molar-refractivity contribution is 5.89. The minimum absolute atomic E-state index is 0.148. The predicted octanol–water partition coefficient (Wildman–Crippen LogP) is 0.610. The summed E-state index contributed by atoms with van der Waals surface area (Å²) in [5.74, 6) is -1.68. The van der Waals surface area contributed by atoms with E-state index in [2.05, 4.69) is 5.32 Å². The Morgan fingerprint density at radius 1 is 1.30 bits per heavy atom. The van der Waals surface area contributed by atoms with Crippen LogP contribution in [0, 0.1) is 0 Å². The van der Waals surface area contributed by atoms with Crippen LogP contribution < -0.4 is 10.1 Å². The van der Waals surface area contributed by atoms with Gasteiger partial charge in [-0.1, -0.05) is 18.2 Å². The third-order valence-electron chi connectivity index (χ3n) is 4.22. The van der Waals surface area contributed by atoms with Gasteiger partial charge in [-0.25, -0.2) is 9.18 Å². The maximum atomic E-state index is 13.9. The van der Waals surface area contributed by atoms with E-state index in [1.165, 1.54) is 7.11 Å². The number of amides is 2. The van der Waals surface area contributed by atoms with E-state index in [-0.39, 0.29) is 18.9 Å². The summed E-state index contributed by atoms with van der Waals surface area (Å²) in [6, 6.07) is 7.75. The van der Waals surface area contributed by atoms with Crippen molar-refractivity contribution in [2.75, 3.05) is 26.8 Å². The molecule has 2 rings (SSSR count). The highest BCUT2D eigenvalue weighted by Gasteiger charge is 2.48. The zero-order valence-corrected chi connectivity index (χ0v) is 15.0. The lowest BCUT2D eigenvalue weighted by molar-refractivity contribution is -0.151. The molecule has 3 atom stereocenters. The molecule has 1 fully saturated rings. The third-order valence-corrected chi connectivity index (χ3v) is 4.22. The lowest BCUT2D eigenvalue weighted by Gasteiger charge is -2.23. The number of carbonyl (C=O) groups excluding carboxylic acids is 2. The Kier molecular flexibility index (Phi) is 7.54. The molecule has 0 aromatic heterocycles. The molecule has 0 unspecified atom stereocenters.